The van der Waals surface area contributed by atoms with Crippen LogP contribution in [-0.2, 0) is 33.5 Å². The van der Waals surface area contributed by atoms with Crippen molar-refractivity contribution < 1.29 is 106 Å². The number of esters is 1. The SMILES string of the molecule is O=C(O)CC(O)(CC(=O)OC(CC(=O)O)(CC(=O)O)C(=O)O)C(=O)O.OO.[H-].[Na+]. The monoisotopic (exact) mass is 424 g/mol. The molecule has 0 amide bonds. The minimum absolute atomic E-state index is 0. The quantitative estimate of drug-likeness (QED) is 0.0668. The van der Waals surface area contributed by atoms with E-state index in [1.54, 1.807) is 0 Å². The standard InChI is InChI=1S/C12H14O13.Na.H2O2.H/c13-5(14)1-11(24,9(20)21)4-8(19)25-12(10(22)23,2-6(15)16)3-7(17)18;;1-2;/h24H,1-4H2,(H,13,14)(H,15,16)(H,17,18)(H,20,21)(H,22,23);;1-2H;/q;+1;;-1. The number of carbonyl (C=O) groups is 6. The Morgan fingerprint density at radius 3 is 1.29 bits per heavy atom. The molecule has 0 aliphatic heterocycles. The molecule has 0 aromatic carbocycles. The third kappa shape index (κ3) is 10.1. The zero-order valence-electron chi connectivity index (χ0n) is 15.3. The molecule has 0 rings (SSSR count). The summed E-state index contributed by atoms with van der Waals surface area (Å²) in [6.45, 7) is 0. The summed E-state index contributed by atoms with van der Waals surface area (Å²) >= 11 is 0. The molecular weight excluding hydrogens is 407 g/mol. The predicted molar refractivity (Wildman–Crippen MR) is 76.8 cm³/mol. The van der Waals surface area contributed by atoms with Crippen molar-refractivity contribution in [3.63, 3.8) is 0 Å². The molecule has 0 aromatic heterocycles. The Hall–Kier alpha value is -2.30. The number of rotatable bonds is 11. The van der Waals surface area contributed by atoms with Gasteiger partial charge in [-0.1, -0.05) is 0 Å². The van der Waals surface area contributed by atoms with Gasteiger partial charge in [-0.25, -0.2) is 9.59 Å². The Morgan fingerprint density at radius 1 is 0.679 bits per heavy atom. The van der Waals surface area contributed by atoms with Gasteiger partial charge in [0.1, 0.15) is 0 Å². The van der Waals surface area contributed by atoms with Gasteiger partial charge in [-0.05, 0) is 0 Å². The number of aliphatic hydroxyl groups is 1. The normalized spacial score (nSPS) is 12.1. The molecule has 0 saturated heterocycles. The first-order valence-electron chi connectivity index (χ1n) is 6.50. The first-order valence-corrected chi connectivity index (χ1v) is 6.50. The second kappa shape index (κ2) is 13.0. The van der Waals surface area contributed by atoms with E-state index >= 15 is 0 Å². The Morgan fingerprint density at radius 2 is 1.04 bits per heavy atom. The van der Waals surface area contributed by atoms with E-state index in [1.165, 1.54) is 0 Å². The summed E-state index contributed by atoms with van der Waals surface area (Å²) < 4.78 is 4.33. The molecule has 0 fully saturated rings. The number of hydrogen-bond acceptors (Lipinski definition) is 10. The van der Waals surface area contributed by atoms with E-state index < -0.39 is 72.7 Å². The number of aliphatic carboxylic acids is 5. The van der Waals surface area contributed by atoms with Crippen molar-refractivity contribution in [3.05, 3.63) is 0 Å². The zero-order chi connectivity index (χ0) is 22.0. The maximum atomic E-state index is 11.7. The molecule has 8 N–H and O–H groups in total. The molecule has 0 spiro atoms. The van der Waals surface area contributed by atoms with E-state index in [4.69, 9.17) is 36.0 Å². The molecule has 0 radical (unpaired) electrons. The Bertz CT molecular complexity index is 604. The van der Waals surface area contributed by atoms with Gasteiger partial charge >= 0.3 is 65.4 Å². The number of hydrogen-bond donors (Lipinski definition) is 8. The van der Waals surface area contributed by atoms with Crippen LogP contribution in [0.25, 0.3) is 0 Å². The van der Waals surface area contributed by atoms with Crippen LogP contribution in [-0.4, -0.2) is 88.2 Å². The van der Waals surface area contributed by atoms with Crippen LogP contribution in [0.15, 0.2) is 0 Å². The molecule has 16 heteroatoms. The van der Waals surface area contributed by atoms with Crippen LogP contribution in [0.5, 0.6) is 0 Å². The van der Waals surface area contributed by atoms with Gasteiger partial charge in [0.25, 0.3) is 0 Å². The second-order valence-electron chi connectivity index (χ2n) is 5.00. The van der Waals surface area contributed by atoms with Crippen molar-refractivity contribution in [1.29, 1.82) is 0 Å². The summed E-state index contributed by atoms with van der Waals surface area (Å²) in [5.41, 5.74) is -6.24. The van der Waals surface area contributed by atoms with Crippen LogP contribution in [0.2, 0.25) is 0 Å². The van der Waals surface area contributed by atoms with Gasteiger partial charge in [0.05, 0.1) is 25.7 Å². The third-order valence-corrected chi connectivity index (χ3v) is 2.85. The number of carboxylic acids is 5. The average molecular weight is 424 g/mol. The molecule has 0 aliphatic rings. The van der Waals surface area contributed by atoms with Gasteiger partial charge < -0.3 is 36.8 Å². The van der Waals surface area contributed by atoms with Crippen LogP contribution in [0.4, 0.5) is 0 Å². The molecule has 28 heavy (non-hydrogen) atoms. The van der Waals surface area contributed by atoms with Gasteiger partial charge in [0.15, 0.2) is 5.60 Å². The van der Waals surface area contributed by atoms with Crippen molar-refractivity contribution in [2.45, 2.75) is 36.9 Å². The van der Waals surface area contributed by atoms with Gasteiger partial charge in [-0.2, -0.15) is 0 Å². The Labute approximate surface area is 178 Å². The van der Waals surface area contributed by atoms with E-state index in [0.29, 0.717) is 0 Å². The molecule has 1 atom stereocenters. The summed E-state index contributed by atoms with van der Waals surface area (Å²) in [7, 11) is 0. The van der Waals surface area contributed by atoms with E-state index in [9.17, 15) is 33.9 Å². The number of carboxylic acid groups (broad SMARTS) is 5. The summed E-state index contributed by atoms with van der Waals surface area (Å²) in [6.07, 6.45) is -5.94. The topological polar surface area (TPSA) is 273 Å². The van der Waals surface area contributed by atoms with E-state index in [0.717, 1.165) is 0 Å². The van der Waals surface area contributed by atoms with Crippen molar-refractivity contribution in [2.75, 3.05) is 0 Å². The summed E-state index contributed by atoms with van der Waals surface area (Å²) in [4.78, 5) is 66.0. The van der Waals surface area contributed by atoms with Gasteiger partial charge in [0.2, 0.25) is 5.60 Å². The second-order valence-corrected chi connectivity index (χ2v) is 5.00. The van der Waals surface area contributed by atoms with Gasteiger partial charge in [-0.3, -0.25) is 29.7 Å². The van der Waals surface area contributed by atoms with Crippen molar-refractivity contribution in [1.82, 2.24) is 0 Å². The van der Waals surface area contributed by atoms with Crippen LogP contribution in [0.3, 0.4) is 0 Å². The van der Waals surface area contributed by atoms with Crippen LogP contribution in [0, 0.1) is 0 Å². The van der Waals surface area contributed by atoms with Crippen LogP contribution >= 0.6 is 0 Å². The molecule has 0 aromatic rings. The summed E-state index contributed by atoms with van der Waals surface area (Å²) in [5.74, 6) is -11.6. The molecule has 156 valence electrons. The maximum absolute atomic E-state index is 11.7. The maximum Gasteiger partial charge on any atom is 1.00 e. The smallest absolute Gasteiger partial charge is 1.00 e. The first kappa shape index (κ1) is 30.4. The Kier molecular flexibility index (Phi) is 14.1. The Balaban J connectivity index is -0.000000755. The summed E-state index contributed by atoms with van der Waals surface area (Å²) in [6, 6.07) is 0. The van der Waals surface area contributed by atoms with E-state index in [2.05, 4.69) is 4.74 Å². The molecular formula is C12H17NaO15. The molecule has 0 bridgehead atoms. The fourth-order valence-corrected chi connectivity index (χ4v) is 1.77. The molecule has 0 heterocycles. The van der Waals surface area contributed by atoms with Crippen LogP contribution in [0.1, 0.15) is 27.1 Å². The zero-order valence-corrected chi connectivity index (χ0v) is 16.3. The van der Waals surface area contributed by atoms with Crippen molar-refractivity contribution >= 4 is 35.8 Å². The van der Waals surface area contributed by atoms with Gasteiger partial charge in [0, 0.05) is 0 Å². The van der Waals surface area contributed by atoms with Crippen molar-refractivity contribution in [3.8, 4) is 0 Å². The largest absolute Gasteiger partial charge is 1.00 e. The van der Waals surface area contributed by atoms with E-state index in [-0.39, 0.29) is 31.0 Å². The molecule has 1 unspecified atom stereocenters. The minimum atomic E-state index is -3.17. The predicted octanol–water partition coefficient (Wildman–Crippen LogP) is -4.88. The fraction of sp³-hybridized carbons (Fsp3) is 0.500. The van der Waals surface area contributed by atoms with E-state index in [1.807, 2.05) is 0 Å². The molecule has 15 nitrogen and oxygen atoms in total. The summed E-state index contributed by atoms with van der Waals surface area (Å²) in [5, 5.41) is 65.5. The number of carbonyl (C=O) groups excluding carboxylic acids is 1. The third-order valence-electron chi connectivity index (χ3n) is 2.85. The van der Waals surface area contributed by atoms with Crippen LogP contribution < -0.4 is 29.6 Å². The fourth-order valence-electron chi connectivity index (χ4n) is 1.77. The first-order chi connectivity index (χ1) is 12.2. The number of ether oxygens (including phenoxy) is 1. The van der Waals surface area contributed by atoms with Gasteiger partial charge in [-0.15, -0.1) is 0 Å². The molecule has 0 aliphatic carbocycles. The van der Waals surface area contributed by atoms with Crippen molar-refractivity contribution in [2.24, 2.45) is 0 Å². The minimum Gasteiger partial charge on any atom is -1.00 e. The molecule has 0 saturated carbocycles. The average Bonchev–Trinajstić information content (AvgIpc) is 2.45.